The lowest BCUT2D eigenvalue weighted by Gasteiger charge is -2.38. The number of rotatable bonds is 2. The molecule has 0 bridgehead atoms. The summed E-state index contributed by atoms with van der Waals surface area (Å²) in [5.41, 5.74) is 3.13. The molecule has 4 rings (SSSR count). The Balaban J connectivity index is 1.92. The molecular weight excluding hydrogens is 272 g/mol. The van der Waals surface area contributed by atoms with Gasteiger partial charge in [0, 0.05) is 11.8 Å². The number of hydrogen-bond donors (Lipinski definition) is 0. The Morgan fingerprint density at radius 1 is 1.18 bits per heavy atom. The van der Waals surface area contributed by atoms with Gasteiger partial charge in [0.15, 0.2) is 0 Å². The lowest BCUT2D eigenvalue weighted by molar-refractivity contribution is -0.151. The van der Waals surface area contributed by atoms with Crippen LogP contribution >= 0.6 is 0 Å². The molecule has 1 saturated carbocycles. The second-order valence-electron chi connectivity index (χ2n) is 6.15. The van der Waals surface area contributed by atoms with Gasteiger partial charge in [-0.25, -0.2) is 0 Å². The molecule has 2 heteroatoms. The molecule has 1 fully saturated rings. The Kier molecular flexibility index (Phi) is 2.93. The van der Waals surface area contributed by atoms with Crippen LogP contribution in [0.25, 0.3) is 0 Å². The van der Waals surface area contributed by atoms with Crippen molar-refractivity contribution in [2.75, 3.05) is 7.11 Å². The molecule has 0 radical (unpaired) electrons. The molecule has 3 aliphatic rings. The molecule has 2 nitrogen and oxygen atoms in total. The number of carbonyl (C=O) groups is 1. The molecule has 22 heavy (non-hydrogen) atoms. The van der Waals surface area contributed by atoms with E-state index in [1.165, 1.54) is 23.8 Å². The number of esters is 1. The maximum absolute atomic E-state index is 12.8. The molecule has 0 unspecified atom stereocenters. The van der Waals surface area contributed by atoms with Crippen molar-refractivity contribution >= 4 is 5.97 Å². The van der Waals surface area contributed by atoms with Gasteiger partial charge in [-0.2, -0.15) is 0 Å². The van der Waals surface area contributed by atoms with E-state index in [-0.39, 0.29) is 17.8 Å². The summed E-state index contributed by atoms with van der Waals surface area (Å²) >= 11 is 0. The fraction of sp³-hybridized carbons (Fsp3) is 0.250. The fourth-order valence-corrected chi connectivity index (χ4v) is 4.33. The fourth-order valence-electron chi connectivity index (χ4n) is 4.33. The summed E-state index contributed by atoms with van der Waals surface area (Å²) in [7, 11) is 1.49. The van der Waals surface area contributed by atoms with Gasteiger partial charge in [-0.3, -0.25) is 4.79 Å². The molecule has 0 N–H and O–H groups in total. The van der Waals surface area contributed by atoms with Gasteiger partial charge >= 0.3 is 5.97 Å². The van der Waals surface area contributed by atoms with Gasteiger partial charge in [-0.05, 0) is 17.6 Å². The quantitative estimate of drug-likeness (QED) is 0.771. The van der Waals surface area contributed by atoms with Crippen LogP contribution in [-0.2, 0) is 9.53 Å². The molecule has 110 valence electrons. The summed E-state index contributed by atoms with van der Waals surface area (Å²) in [5, 5.41) is 0. The van der Waals surface area contributed by atoms with Gasteiger partial charge in [-0.15, -0.1) is 0 Å². The average molecular weight is 290 g/mol. The van der Waals surface area contributed by atoms with E-state index < -0.39 is 5.41 Å². The van der Waals surface area contributed by atoms with Crippen molar-refractivity contribution in [1.82, 2.24) is 0 Å². The third-order valence-electron chi connectivity index (χ3n) is 5.20. The monoisotopic (exact) mass is 290 g/mol. The minimum atomic E-state index is -0.614. The molecule has 0 amide bonds. The molecule has 3 atom stereocenters. The first-order valence-electron chi connectivity index (χ1n) is 7.67. The van der Waals surface area contributed by atoms with E-state index in [9.17, 15) is 4.79 Å². The second kappa shape index (κ2) is 4.84. The molecule has 3 aliphatic carbocycles. The Morgan fingerprint density at radius 2 is 2.00 bits per heavy atom. The van der Waals surface area contributed by atoms with Crippen molar-refractivity contribution < 1.29 is 9.53 Å². The van der Waals surface area contributed by atoms with E-state index in [4.69, 9.17) is 4.74 Å². The maximum Gasteiger partial charge on any atom is 0.317 e. The average Bonchev–Trinajstić information content (AvgIpc) is 2.93. The van der Waals surface area contributed by atoms with Crippen LogP contribution in [0.2, 0.25) is 0 Å². The number of benzene rings is 1. The maximum atomic E-state index is 12.8. The number of ether oxygens (including phenoxy) is 1. The van der Waals surface area contributed by atoms with Gasteiger partial charge in [0.1, 0.15) is 5.41 Å². The minimum absolute atomic E-state index is 0.111. The van der Waals surface area contributed by atoms with Gasteiger partial charge in [-0.1, -0.05) is 72.4 Å². The topological polar surface area (TPSA) is 26.3 Å². The molecule has 1 aromatic rings. The van der Waals surface area contributed by atoms with E-state index in [0.29, 0.717) is 0 Å². The van der Waals surface area contributed by atoms with Crippen molar-refractivity contribution in [1.29, 1.82) is 0 Å². The zero-order chi connectivity index (χ0) is 15.2. The van der Waals surface area contributed by atoms with E-state index in [2.05, 4.69) is 42.5 Å². The number of carbonyl (C=O) groups excluding carboxylic acids is 1. The molecule has 0 saturated heterocycles. The van der Waals surface area contributed by atoms with Gasteiger partial charge < -0.3 is 4.74 Å². The van der Waals surface area contributed by atoms with Crippen LogP contribution in [0.15, 0.2) is 77.9 Å². The van der Waals surface area contributed by atoms with Crippen LogP contribution in [0, 0.1) is 11.3 Å². The molecular formula is C20H18O2. The van der Waals surface area contributed by atoms with Crippen molar-refractivity contribution in [2.24, 2.45) is 11.3 Å². The second-order valence-corrected chi connectivity index (χ2v) is 6.15. The lowest BCUT2D eigenvalue weighted by Crippen LogP contribution is -2.40. The minimum Gasteiger partial charge on any atom is -0.468 e. The van der Waals surface area contributed by atoms with Gasteiger partial charge in [0.2, 0.25) is 0 Å². The van der Waals surface area contributed by atoms with Crippen molar-refractivity contribution in [3.05, 3.63) is 83.5 Å². The number of hydrogen-bond acceptors (Lipinski definition) is 2. The van der Waals surface area contributed by atoms with Crippen molar-refractivity contribution in [3.8, 4) is 0 Å². The van der Waals surface area contributed by atoms with E-state index in [0.717, 1.165) is 6.42 Å². The summed E-state index contributed by atoms with van der Waals surface area (Å²) in [4.78, 5) is 12.8. The van der Waals surface area contributed by atoms with Crippen molar-refractivity contribution in [2.45, 2.75) is 12.3 Å². The lowest BCUT2D eigenvalue weighted by atomic mass is 9.64. The van der Waals surface area contributed by atoms with Crippen LogP contribution < -0.4 is 0 Å². The van der Waals surface area contributed by atoms with Crippen LogP contribution in [0.3, 0.4) is 0 Å². The van der Waals surface area contributed by atoms with Crippen LogP contribution in [-0.4, -0.2) is 13.1 Å². The summed E-state index contributed by atoms with van der Waals surface area (Å²) < 4.78 is 5.24. The normalized spacial score (nSPS) is 31.3. The Labute approximate surface area is 130 Å². The van der Waals surface area contributed by atoms with Crippen LogP contribution in [0.5, 0.6) is 0 Å². The Morgan fingerprint density at radius 3 is 2.77 bits per heavy atom. The molecule has 0 aromatic heterocycles. The zero-order valence-electron chi connectivity index (χ0n) is 12.5. The van der Waals surface area contributed by atoms with Crippen LogP contribution in [0.4, 0.5) is 0 Å². The molecule has 0 heterocycles. The van der Waals surface area contributed by atoms with E-state index in [1.807, 2.05) is 24.3 Å². The van der Waals surface area contributed by atoms with E-state index in [1.54, 1.807) is 0 Å². The standard InChI is InChI=1S/C20H18O2/c1-22-19(21)20-12-6-11-15-9-5-10-16(18(15)20)13-17(20)14-7-3-2-4-8-14/h2-12,17-18H,13H2,1H3/t17-,18+,20+/m1/s1. The molecule has 0 spiro atoms. The highest BCUT2D eigenvalue weighted by atomic mass is 16.5. The molecule has 1 aromatic carbocycles. The first kappa shape index (κ1) is 13.3. The van der Waals surface area contributed by atoms with E-state index >= 15 is 0 Å². The number of allylic oxidation sites excluding steroid dienone is 7. The van der Waals surface area contributed by atoms with Gasteiger partial charge in [0.25, 0.3) is 0 Å². The summed E-state index contributed by atoms with van der Waals surface area (Å²) in [5.74, 6) is 0.101. The SMILES string of the molecule is COC(=O)[C@@]12C=CC=C3C=CC=C(C[C@@H]1c1ccccc1)[C@H]32. The summed E-state index contributed by atoms with van der Waals surface area (Å²) in [6.45, 7) is 0. The zero-order valence-corrected chi connectivity index (χ0v) is 12.5. The highest BCUT2D eigenvalue weighted by Crippen LogP contribution is 2.61. The smallest absolute Gasteiger partial charge is 0.317 e. The predicted molar refractivity (Wildman–Crippen MR) is 86.2 cm³/mol. The van der Waals surface area contributed by atoms with Crippen LogP contribution in [0.1, 0.15) is 17.9 Å². The predicted octanol–water partition coefficient (Wildman–Crippen LogP) is 3.94. The first-order valence-corrected chi connectivity index (χ1v) is 7.67. The largest absolute Gasteiger partial charge is 0.468 e. The number of methoxy groups -OCH3 is 1. The highest BCUT2D eigenvalue weighted by Gasteiger charge is 2.59. The third-order valence-corrected chi connectivity index (χ3v) is 5.20. The Hall–Kier alpha value is -2.35. The first-order chi connectivity index (χ1) is 10.8. The third kappa shape index (κ3) is 1.64. The Bertz CT molecular complexity index is 736. The molecule has 0 aliphatic heterocycles. The van der Waals surface area contributed by atoms with Gasteiger partial charge in [0.05, 0.1) is 7.11 Å². The summed E-state index contributed by atoms with van der Waals surface area (Å²) in [6, 6.07) is 10.3. The van der Waals surface area contributed by atoms with Crippen molar-refractivity contribution in [3.63, 3.8) is 0 Å². The summed E-state index contributed by atoms with van der Waals surface area (Å²) in [6.07, 6.45) is 13.5. The highest BCUT2D eigenvalue weighted by molar-refractivity contribution is 5.85.